The van der Waals surface area contributed by atoms with Gasteiger partial charge in [0, 0.05) is 12.1 Å². The van der Waals surface area contributed by atoms with Gasteiger partial charge in [0.2, 0.25) is 0 Å². The summed E-state index contributed by atoms with van der Waals surface area (Å²) in [5, 5.41) is 13.8. The molecule has 88 valence electrons. The molecule has 0 radical (unpaired) electrons. The Labute approximate surface area is 95.8 Å². The molecule has 1 aliphatic rings. The van der Waals surface area contributed by atoms with Gasteiger partial charge in [-0.1, -0.05) is 19.9 Å². The van der Waals surface area contributed by atoms with Gasteiger partial charge in [0.25, 0.3) is 5.69 Å². The molecule has 4 nitrogen and oxygen atoms in total. The molecule has 0 aliphatic carbocycles. The Morgan fingerprint density at radius 2 is 1.81 bits per heavy atom. The Bertz CT molecular complexity index is 364. The Hall–Kier alpha value is -1.42. The molecule has 0 atom stereocenters. The van der Waals surface area contributed by atoms with Crippen molar-refractivity contribution in [2.75, 3.05) is 13.1 Å². The molecule has 0 saturated carbocycles. The molecule has 16 heavy (non-hydrogen) atoms. The molecule has 4 heteroatoms. The number of benzene rings is 1. The first-order chi connectivity index (χ1) is 7.77. The lowest BCUT2D eigenvalue weighted by Gasteiger charge is -2.03. The second-order valence-electron chi connectivity index (χ2n) is 3.46. The molecule has 0 fully saturated rings. The zero-order chi connectivity index (χ0) is 12.0. The van der Waals surface area contributed by atoms with E-state index in [1.807, 2.05) is 19.9 Å². The van der Waals surface area contributed by atoms with Crippen LogP contribution in [-0.4, -0.2) is 18.0 Å². The molecule has 1 heterocycles. The van der Waals surface area contributed by atoms with Gasteiger partial charge in [-0.2, -0.15) is 0 Å². The van der Waals surface area contributed by atoms with Crippen LogP contribution in [0.5, 0.6) is 0 Å². The van der Waals surface area contributed by atoms with E-state index in [9.17, 15) is 10.1 Å². The quantitative estimate of drug-likeness (QED) is 0.586. The first-order valence-corrected chi connectivity index (χ1v) is 5.74. The van der Waals surface area contributed by atoms with Crippen LogP contribution in [0.3, 0.4) is 0 Å². The van der Waals surface area contributed by atoms with Gasteiger partial charge >= 0.3 is 0 Å². The smallest absolute Gasteiger partial charge is 0.269 e. The average Bonchev–Trinajstić information content (AvgIpc) is 2.55. The van der Waals surface area contributed by atoms with Crippen molar-refractivity contribution in [3.05, 3.63) is 39.4 Å². The lowest BCUT2D eigenvalue weighted by atomic mass is 10.0. The monoisotopic (exact) mass is 222 g/mol. The SMILES string of the molecule is CC.O=[N+]([O-])c1ccc2c(c1)CCNCC2. The Morgan fingerprint density at radius 3 is 2.44 bits per heavy atom. The summed E-state index contributed by atoms with van der Waals surface area (Å²) in [5.74, 6) is 0. The van der Waals surface area contributed by atoms with Crippen LogP contribution in [-0.2, 0) is 12.8 Å². The van der Waals surface area contributed by atoms with Crippen molar-refractivity contribution in [1.82, 2.24) is 5.32 Å². The third kappa shape index (κ3) is 3.03. The van der Waals surface area contributed by atoms with Crippen LogP contribution in [0.1, 0.15) is 25.0 Å². The number of nitrogens with zero attached hydrogens (tertiary/aromatic N) is 1. The summed E-state index contributed by atoms with van der Waals surface area (Å²) in [6.45, 7) is 5.87. The number of hydrogen-bond acceptors (Lipinski definition) is 3. The van der Waals surface area contributed by atoms with Gasteiger partial charge in [0.05, 0.1) is 4.92 Å². The minimum Gasteiger partial charge on any atom is -0.316 e. The highest BCUT2D eigenvalue weighted by Gasteiger charge is 2.12. The number of hydrogen-bond donors (Lipinski definition) is 1. The van der Waals surface area contributed by atoms with Gasteiger partial charge in [-0.15, -0.1) is 0 Å². The number of rotatable bonds is 1. The highest BCUT2D eigenvalue weighted by atomic mass is 16.6. The minimum absolute atomic E-state index is 0.200. The van der Waals surface area contributed by atoms with Gasteiger partial charge < -0.3 is 5.32 Å². The van der Waals surface area contributed by atoms with E-state index in [0.717, 1.165) is 31.5 Å². The summed E-state index contributed by atoms with van der Waals surface area (Å²) in [7, 11) is 0. The summed E-state index contributed by atoms with van der Waals surface area (Å²) in [4.78, 5) is 10.2. The van der Waals surface area contributed by atoms with Crippen molar-refractivity contribution in [1.29, 1.82) is 0 Å². The van der Waals surface area contributed by atoms with Crippen LogP contribution in [0.25, 0.3) is 0 Å². The highest BCUT2D eigenvalue weighted by molar-refractivity contribution is 5.40. The maximum Gasteiger partial charge on any atom is 0.269 e. The number of non-ortho nitro benzene ring substituents is 1. The molecule has 2 rings (SSSR count). The zero-order valence-corrected chi connectivity index (χ0v) is 9.82. The second kappa shape index (κ2) is 6.23. The predicted octanol–water partition coefficient (Wildman–Crippen LogP) is 2.31. The molecular weight excluding hydrogens is 204 g/mol. The van der Waals surface area contributed by atoms with E-state index in [-0.39, 0.29) is 10.6 Å². The van der Waals surface area contributed by atoms with E-state index in [2.05, 4.69) is 5.32 Å². The van der Waals surface area contributed by atoms with Crippen LogP contribution < -0.4 is 5.32 Å². The first kappa shape index (κ1) is 12.6. The van der Waals surface area contributed by atoms with E-state index >= 15 is 0 Å². The van der Waals surface area contributed by atoms with Crippen LogP contribution in [0, 0.1) is 10.1 Å². The average molecular weight is 222 g/mol. The van der Waals surface area contributed by atoms with Crippen LogP contribution in [0.15, 0.2) is 18.2 Å². The third-order valence-electron chi connectivity index (χ3n) is 2.54. The van der Waals surface area contributed by atoms with Crippen molar-refractivity contribution in [3.63, 3.8) is 0 Å². The maximum absolute atomic E-state index is 10.6. The van der Waals surface area contributed by atoms with Crippen molar-refractivity contribution < 1.29 is 4.92 Å². The van der Waals surface area contributed by atoms with Gasteiger partial charge in [0.1, 0.15) is 0 Å². The number of fused-ring (bicyclic) bond motifs is 1. The number of nitro groups is 1. The van der Waals surface area contributed by atoms with Crippen LogP contribution in [0.4, 0.5) is 5.69 Å². The molecule has 1 aliphatic heterocycles. The normalized spacial score (nSPS) is 14.1. The summed E-state index contributed by atoms with van der Waals surface area (Å²) in [6.07, 6.45) is 1.85. The summed E-state index contributed by atoms with van der Waals surface area (Å²) < 4.78 is 0. The molecule has 1 aromatic carbocycles. The van der Waals surface area contributed by atoms with Crippen molar-refractivity contribution in [3.8, 4) is 0 Å². The topological polar surface area (TPSA) is 55.2 Å². The Morgan fingerprint density at radius 1 is 1.19 bits per heavy atom. The second-order valence-corrected chi connectivity index (χ2v) is 3.46. The van der Waals surface area contributed by atoms with Crippen molar-refractivity contribution >= 4 is 5.69 Å². The van der Waals surface area contributed by atoms with E-state index in [4.69, 9.17) is 0 Å². The fourth-order valence-electron chi connectivity index (χ4n) is 1.77. The molecule has 0 aromatic heterocycles. The zero-order valence-electron chi connectivity index (χ0n) is 9.82. The van der Waals surface area contributed by atoms with E-state index < -0.39 is 0 Å². The number of nitrogens with one attached hydrogen (secondary N) is 1. The minimum atomic E-state index is -0.335. The fraction of sp³-hybridized carbons (Fsp3) is 0.500. The molecule has 0 amide bonds. The summed E-state index contributed by atoms with van der Waals surface area (Å²) >= 11 is 0. The standard InChI is InChI=1S/C10H12N2O2.C2H6/c13-12(14)10-2-1-8-3-5-11-6-4-9(8)7-10;1-2/h1-2,7,11H,3-6H2;1-2H3. The van der Waals surface area contributed by atoms with Gasteiger partial charge in [0.15, 0.2) is 0 Å². The lowest BCUT2D eigenvalue weighted by Crippen LogP contribution is -2.16. The number of nitro benzene ring substituents is 1. The van der Waals surface area contributed by atoms with Gasteiger partial charge in [-0.3, -0.25) is 10.1 Å². The Kier molecular flexibility index (Phi) is 4.92. The fourth-order valence-corrected chi connectivity index (χ4v) is 1.77. The molecule has 1 aromatic rings. The van der Waals surface area contributed by atoms with Gasteiger partial charge in [-0.05, 0) is 37.1 Å². The van der Waals surface area contributed by atoms with Crippen molar-refractivity contribution in [2.24, 2.45) is 0 Å². The molecule has 0 spiro atoms. The maximum atomic E-state index is 10.6. The van der Waals surface area contributed by atoms with Crippen LogP contribution in [0.2, 0.25) is 0 Å². The molecular formula is C12H18N2O2. The lowest BCUT2D eigenvalue weighted by molar-refractivity contribution is -0.384. The third-order valence-corrected chi connectivity index (χ3v) is 2.54. The summed E-state index contributed by atoms with van der Waals surface area (Å²) in [6, 6.07) is 5.16. The first-order valence-electron chi connectivity index (χ1n) is 5.74. The predicted molar refractivity (Wildman–Crippen MR) is 64.7 cm³/mol. The molecule has 1 N–H and O–H groups in total. The largest absolute Gasteiger partial charge is 0.316 e. The van der Waals surface area contributed by atoms with E-state index in [1.54, 1.807) is 12.1 Å². The molecule has 0 unspecified atom stereocenters. The van der Waals surface area contributed by atoms with E-state index in [0.29, 0.717) is 0 Å². The van der Waals surface area contributed by atoms with Gasteiger partial charge in [-0.25, -0.2) is 0 Å². The van der Waals surface area contributed by atoms with Crippen LogP contribution >= 0.6 is 0 Å². The molecule has 0 saturated heterocycles. The summed E-state index contributed by atoms with van der Waals surface area (Å²) in [5.41, 5.74) is 2.55. The highest BCUT2D eigenvalue weighted by Crippen LogP contribution is 2.19. The Balaban J connectivity index is 0.000000606. The van der Waals surface area contributed by atoms with Crippen molar-refractivity contribution in [2.45, 2.75) is 26.7 Å². The molecule has 0 bridgehead atoms. The van der Waals surface area contributed by atoms with E-state index in [1.165, 1.54) is 5.56 Å².